The molecule has 0 fully saturated rings. The van der Waals surface area contributed by atoms with Gasteiger partial charge in [0.25, 0.3) is 0 Å². The number of benzene rings is 1. The van der Waals surface area contributed by atoms with Crippen molar-refractivity contribution in [1.82, 2.24) is 4.90 Å². The van der Waals surface area contributed by atoms with Gasteiger partial charge in [0.15, 0.2) is 0 Å². The minimum atomic E-state index is -0.878. The lowest BCUT2D eigenvalue weighted by Gasteiger charge is -2.28. The normalized spacial score (nSPS) is 17.6. The van der Waals surface area contributed by atoms with Crippen LogP contribution in [-0.4, -0.2) is 41.2 Å². The number of aryl methyl sites for hydroxylation is 1. The van der Waals surface area contributed by atoms with Crippen molar-refractivity contribution >= 4 is 23.6 Å². The van der Waals surface area contributed by atoms with Crippen molar-refractivity contribution in [3.63, 3.8) is 0 Å². The highest BCUT2D eigenvalue weighted by Gasteiger charge is 2.29. The molecule has 1 aliphatic heterocycles. The van der Waals surface area contributed by atoms with E-state index in [1.54, 1.807) is 18.8 Å². The van der Waals surface area contributed by atoms with Crippen molar-refractivity contribution in [2.45, 2.75) is 18.1 Å². The first kappa shape index (κ1) is 13.9. The van der Waals surface area contributed by atoms with Crippen LogP contribution in [0.15, 0.2) is 24.3 Å². The standard InChI is InChI=1S/C14H17NO3S/c1-15(8-6-12(16)17)14(18)13-11-5-3-2-4-10(11)7-9-19-13/h2-5,13H,6-9H2,1H3,(H,16,17)/t13-/m1/s1. The summed E-state index contributed by atoms with van der Waals surface area (Å²) in [6, 6.07) is 7.99. The van der Waals surface area contributed by atoms with Gasteiger partial charge in [-0.3, -0.25) is 9.59 Å². The molecule has 0 spiro atoms. The molecule has 1 aromatic rings. The molecule has 2 rings (SSSR count). The van der Waals surface area contributed by atoms with Gasteiger partial charge in [0.2, 0.25) is 5.91 Å². The van der Waals surface area contributed by atoms with E-state index in [1.165, 1.54) is 10.5 Å². The molecule has 102 valence electrons. The fourth-order valence-electron chi connectivity index (χ4n) is 2.17. The minimum Gasteiger partial charge on any atom is -0.481 e. The Hall–Kier alpha value is -1.49. The fraction of sp³-hybridized carbons (Fsp3) is 0.429. The van der Waals surface area contributed by atoms with E-state index < -0.39 is 5.97 Å². The predicted octanol–water partition coefficient (Wildman–Crippen LogP) is 1.95. The van der Waals surface area contributed by atoms with E-state index in [0.29, 0.717) is 0 Å². The fourth-order valence-corrected chi connectivity index (χ4v) is 3.48. The maximum absolute atomic E-state index is 12.4. The zero-order valence-corrected chi connectivity index (χ0v) is 11.7. The van der Waals surface area contributed by atoms with Gasteiger partial charge in [-0.25, -0.2) is 0 Å². The average molecular weight is 279 g/mol. The van der Waals surface area contributed by atoms with Gasteiger partial charge in [0.1, 0.15) is 5.25 Å². The van der Waals surface area contributed by atoms with Crippen molar-refractivity contribution in [2.75, 3.05) is 19.3 Å². The Balaban J connectivity index is 2.10. The second-order valence-electron chi connectivity index (χ2n) is 4.60. The van der Waals surface area contributed by atoms with Crippen LogP contribution in [0.3, 0.4) is 0 Å². The Morgan fingerprint density at radius 1 is 1.42 bits per heavy atom. The molecule has 1 heterocycles. The van der Waals surface area contributed by atoms with Crippen LogP contribution in [0.5, 0.6) is 0 Å². The van der Waals surface area contributed by atoms with Gasteiger partial charge in [-0.15, -0.1) is 11.8 Å². The van der Waals surface area contributed by atoms with Crippen molar-refractivity contribution in [3.05, 3.63) is 35.4 Å². The van der Waals surface area contributed by atoms with Crippen LogP contribution >= 0.6 is 11.8 Å². The second-order valence-corrected chi connectivity index (χ2v) is 5.82. The van der Waals surface area contributed by atoms with Crippen LogP contribution in [0.1, 0.15) is 22.8 Å². The quantitative estimate of drug-likeness (QED) is 0.915. The number of hydrogen-bond acceptors (Lipinski definition) is 3. The lowest BCUT2D eigenvalue weighted by atomic mass is 10.0. The Bertz CT molecular complexity index is 489. The summed E-state index contributed by atoms with van der Waals surface area (Å²) < 4.78 is 0. The summed E-state index contributed by atoms with van der Waals surface area (Å²) in [6.07, 6.45) is 0.977. The summed E-state index contributed by atoms with van der Waals surface area (Å²) >= 11 is 1.64. The summed E-state index contributed by atoms with van der Waals surface area (Å²) in [6.45, 7) is 0.257. The van der Waals surface area contributed by atoms with Gasteiger partial charge in [-0.2, -0.15) is 0 Å². The Labute approximate surface area is 116 Å². The highest BCUT2D eigenvalue weighted by molar-refractivity contribution is 8.00. The van der Waals surface area contributed by atoms with E-state index in [4.69, 9.17) is 5.11 Å². The molecule has 1 aliphatic rings. The van der Waals surface area contributed by atoms with Crippen molar-refractivity contribution in [3.8, 4) is 0 Å². The first-order valence-electron chi connectivity index (χ1n) is 6.26. The number of nitrogens with zero attached hydrogens (tertiary/aromatic N) is 1. The molecule has 4 nitrogen and oxygen atoms in total. The molecule has 1 N–H and O–H groups in total. The van der Waals surface area contributed by atoms with E-state index in [0.717, 1.165) is 17.7 Å². The topological polar surface area (TPSA) is 57.6 Å². The largest absolute Gasteiger partial charge is 0.481 e. The maximum Gasteiger partial charge on any atom is 0.305 e. The minimum absolute atomic E-state index is 0.00148. The molecular weight excluding hydrogens is 262 g/mol. The number of carbonyl (C=O) groups is 2. The van der Waals surface area contributed by atoms with Crippen molar-refractivity contribution in [1.29, 1.82) is 0 Å². The predicted molar refractivity (Wildman–Crippen MR) is 75.2 cm³/mol. The van der Waals surface area contributed by atoms with Crippen molar-refractivity contribution in [2.24, 2.45) is 0 Å². The van der Waals surface area contributed by atoms with E-state index in [9.17, 15) is 9.59 Å². The molecular formula is C14H17NO3S. The van der Waals surface area contributed by atoms with E-state index >= 15 is 0 Å². The molecule has 0 saturated carbocycles. The monoisotopic (exact) mass is 279 g/mol. The summed E-state index contributed by atoms with van der Waals surface area (Å²) in [5.41, 5.74) is 2.30. The number of fused-ring (bicyclic) bond motifs is 1. The smallest absolute Gasteiger partial charge is 0.305 e. The maximum atomic E-state index is 12.4. The molecule has 0 aliphatic carbocycles. The number of carboxylic acids is 1. The molecule has 5 heteroatoms. The zero-order valence-electron chi connectivity index (χ0n) is 10.8. The van der Waals surface area contributed by atoms with Gasteiger partial charge >= 0.3 is 5.97 Å². The van der Waals surface area contributed by atoms with Crippen LogP contribution in [-0.2, 0) is 16.0 Å². The van der Waals surface area contributed by atoms with Crippen LogP contribution in [0.4, 0.5) is 0 Å². The van der Waals surface area contributed by atoms with Gasteiger partial charge in [-0.05, 0) is 23.3 Å². The number of hydrogen-bond donors (Lipinski definition) is 1. The molecule has 0 bridgehead atoms. The van der Waals surface area contributed by atoms with E-state index in [-0.39, 0.29) is 24.1 Å². The van der Waals surface area contributed by atoms with Gasteiger partial charge in [0, 0.05) is 13.6 Å². The van der Waals surface area contributed by atoms with Gasteiger partial charge in [0.05, 0.1) is 6.42 Å². The Morgan fingerprint density at radius 3 is 2.89 bits per heavy atom. The SMILES string of the molecule is CN(CCC(=O)O)C(=O)[C@@H]1SCCc2ccccc21. The number of carboxylic acid groups (broad SMARTS) is 1. The van der Waals surface area contributed by atoms with Crippen LogP contribution in [0.2, 0.25) is 0 Å². The van der Waals surface area contributed by atoms with E-state index in [1.807, 2.05) is 18.2 Å². The lowest BCUT2D eigenvalue weighted by Crippen LogP contribution is -2.33. The second kappa shape index (κ2) is 6.10. The summed E-state index contributed by atoms with van der Waals surface area (Å²) in [4.78, 5) is 24.5. The number of carbonyl (C=O) groups excluding carboxylic acids is 1. The number of aliphatic carboxylic acids is 1. The summed E-state index contributed by atoms with van der Waals surface area (Å²) in [7, 11) is 1.67. The number of rotatable bonds is 4. The average Bonchev–Trinajstić information content (AvgIpc) is 2.43. The lowest BCUT2D eigenvalue weighted by molar-refractivity contribution is -0.138. The number of likely N-dealkylation sites (N-methyl/N-ethyl adjacent to an activating group) is 1. The van der Waals surface area contributed by atoms with Crippen LogP contribution in [0.25, 0.3) is 0 Å². The van der Waals surface area contributed by atoms with E-state index in [2.05, 4.69) is 6.07 Å². The number of thioether (sulfide) groups is 1. The third-order valence-electron chi connectivity index (χ3n) is 3.26. The summed E-state index contributed by atoms with van der Waals surface area (Å²) in [5.74, 6) is 0.0509. The third kappa shape index (κ3) is 3.29. The molecule has 1 amide bonds. The molecule has 1 atom stereocenters. The zero-order chi connectivity index (χ0) is 13.8. The first-order chi connectivity index (χ1) is 9.09. The Kier molecular flexibility index (Phi) is 4.47. The van der Waals surface area contributed by atoms with Crippen LogP contribution < -0.4 is 0 Å². The molecule has 19 heavy (non-hydrogen) atoms. The van der Waals surface area contributed by atoms with Gasteiger partial charge < -0.3 is 10.0 Å². The van der Waals surface area contributed by atoms with Crippen molar-refractivity contribution < 1.29 is 14.7 Å². The number of amides is 1. The molecule has 0 radical (unpaired) electrons. The molecule has 0 saturated heterocycles. The highest BCUT2D eigenvalue weighted by Crippen LogP contribution is 2.37. The molecule has 0 unspecified atom stereocenters. The Morgan fingerprint density at radius 2 is 2.16 bits per heavy atom. The molecule has 0 aromatic heterocycles. The molecule has 1 aromatic carbocycles. The van der Waals surface area contributed by atoms with Gasteiger partial charge in [-0.1, -0.05) is 24.3 Å². The first-order valence-corrected chi connectivity index (χ1v) is 7.30. The summed E-state index contributed by atoms with van der Waals surface area (Å²) in [5, 5.41) is 8.48. The van der Waals surface area contributed by atoms with Crippen LogP contribution in [0, 0.1) is 0 Å². The highest BCUT2D eigenvalue weighted by atomic mass is 32.2. The third-order valence-corrected chi connectivity index (χ3v) is 4.48.